The first kappa shape index (κ1) is 14.1. The minimum absolute atomic E-state index is 0.00677. The van der Waals surface area contributed by atoms with Crippen LogP contribution in [0.1, 0.15) is 24.1 Å². The summed E-state index contributed by atoms with van der Waals surface area (Å²) in [5.74, 6) is -0.591. The third-order valence-corrected chi connectivity index (χ3v) is 3.06. The van der Waals surface area contributed by atoms with Gasteiger partial charge in [-0.1, -0.05) is 24.3 Å². The lowest BCUT2D eigenvalue weighted by atomic mass is 10.1. The monoisotopic (exact) mass is 272 g/mol. The average molecular weight is 272 g/mol. The van der Waals surface area contributed by atoms with Crippen molar-refractivity contribution in [2.45, 2.75) is 19.4 Å². The van der Waals surface area contributed by atoms with Gasteiger partial charge in [0, 0.05) is 11.7 Å². The average Bonchev–Trinajstić information content (AvgIpc) is 2.40. The van der Waals surface area contributed by atoms with Crippen LogP contribution in [0.15, 0.2) is 48.5 Å². The van der Waals surface area contributed by atoms with Crippen molar-refractivity contribution in [2.24, 2.45) is 5.73 Å². The largest absolute Gasteiger partial charge is 0.379 e. The van der Waals surface area contributed by atoms with Gasteiger partial charge >= 0.3 is 0 Å². The summed E-state index contributed by atoms with van der Waals surface area (Å²) in [5.41, 5.74) is 7.81. The van der Waals surface area contributed by atoms with Crippen LogP contribution in [0.2, 0.25) is 0 Å². The van der Waals surface area contributed by atoms with E-state index in [1.54, 1.807) is 6.07 Å². The van der Waals surface area contributed by atoms with Crippen LogP contribution in [-0.2, 0) is 11.2 Å². The first-order valence-electron chi connectivity index (χ1n) is 6.44. The van der Waals surface area contributed by atoms with Crippen molar-refractivity contribution < 1.29 is 9.18 Å². The first-order valence-corrected chi connectivity index (χ1v) is 6.44. The molecular weight excluding hydrogens is 255 g/mol. The van der Waals surface area contributed by atoms with Gasteiger partial charge < -0.3 is 11.1 Å². The van der Waals surface area contributed by atoms with E-state index in [0.717, 1.165) is 16.8 Å². The van der Waals surface area contributed by atoms with E-state index in [-0.39, 0.29) is 24.2 Å². The summed E-state index contributed by atoms with van der Waals surface area (Å²) in [4.78, 5) is 10.8. The van der Waals surface area contributed by atoms with E-state index in [9.17, 15) is 9.18 Å². The van der Waals surface area contributed by atoms with Crippen molar-refractivity contribution in [3.63, 3.8) is 0 Å². The van der Waals surface area contributed by atoms with E-state index in [4.69, 9.17) is 5.73 Å². The molecule has 3 N–H and O–H groups in total. The zero-order valence-electron chi connectivity index (χ0n) is 11.3. The number of nitrogens with one attached hydrogen (secondary N) is 1. The quantitative estimate of drug-likeness (QED) is 0.879. The van der Waals surface area contributed by atoms with E-state index in [2.05, 4.69) is 5.32 Å². The molecule has 0 aliphatic carbocycles. The second-order valence-electron chi connectivity index (χ2n) is 4.76. The molecule has 2 aromatic rings. The lowest BCUT2D eigenvalue weighted by Gasteiger charge is -2.16. The normalized spacial score (nSPS) is 11.9. The van der Waals surface area contributed by atoms with Crippen LogP contribution in [0, 0.1) is 5.82 Å². The van der Waals surface area contributed by atoms with Gasteiger partial charge in [-0.25, -0.2) is 4.39 Å². The van der Waals surface area contributed by atoms with E-state index >= 15 is 0 Å². The molecule has 0 bridgehead atoms. The summed E-state index contributed by atoms with van der Waals surface area (Å²) < 4.78 is 13.2. The second kappa shape index (κ2) is 6.19. The summed E-state index contributed by atoms with van der Waals surface area (Å²) in [7, 11) is 0. The zero-order chi connectivity index (χ0) is 14.5. The number of carbonyl (C=O) groups excluding carboxylic acids is 1. The fourth-order valence-corrected chi connectivity index (χ4v) is 2.03. The number of hydrogen-bond donors (Lipinski definition) is 2. The summed E-state index contributed by atoms with van der Waals surface area (Å²) >= 11 is 0. The summed E-state index contributed by atoms with van der Waals surface area (Å²) in [6.07, 6.45) is 0.236. The van der Waals surface area contributed by atoms with E-state index in [1.807, 2.05) is 37.3 Å². The Labute approximate surface area is 117 Å². The molecule has 0 spiro atoms. The number of primary amides is 1. The number of halogens is 1. The molecule has 1 unspecified atom stereocenters. The molecule has 0 aliphatic rings. The van der Waals surface area contributed by atoms with Gasteiger partial charge in [0.05, 0.1) is 6.42 Å². The van der Waals surface area contributed by atoms with Gasteiger partial charge in [-0.3, -0.25) is 4.79 Å². The number of nitrogens with two attached hydrogens (primary N) is 1. The molecule has 4 heteroatoms. The Morgan fingerprint density at radius 2 is 1.95 bits per heavy atom. The Bertz CT molecular complexity index is 596. The Morgan fingerprint density at radius 1 is 1.25 bits per heavy atom. The van der Waals surface area contributed by atoms with Crippen molar-refractivity contribution >= 4 is 11.6 Å². The van der Waals surface area contributed by atoms with Crippen LogP contribution in [0.5, 0.6) is 0 Å². The molecule has 20 heavy (non-hydrogen) atoms. The molecule has 0 aromatic heterocycles. The predicted octanol–water partition coefficient (Wildman–Crippen LogP) is 3.03. The Balaban J connectivity index is 2.04. The standard InChI is InChI=1S/C16H17FN2O/c1-11(13-3-2-4-14(17)10-13)19-15-7-5-12(6-8-15)9-16(18)20/h2-8,10-11,19H,9H2,1H3,(H2,18,20). The highest BCUT2D eigenvalue weighted by atomic mass is 19.1. The maximum Gasteiger partial charge on any atom is 0.221 e. The van der Waals surface area contributed by atoms with Crippen molar-refractivity contribution in [1.82, 2.24) is 0 Å². The molecule has 2 aromatic carbocycles. The SMILES string of the molecule is CC(Nc1ccc(CC(N)=O)cc1)c1cccc(F)c1. The van der Waals surface area contributed by atoms with Crippen molar-refractivity contribution in [3.05, 3.63) is 65.5 Å². The maximum absolute atomic E-state index is 13.2. The smallest absolute Gasteiger partial charge is 0.221 e. The molecule has 104 valence electrons. The number of hydrogen-bond acceptors (Lipinski definition) is 2. The molecule has 1 amide bonds. The van der Waals surface area contributed by atoms with E-state index in [0.29, 0.717) is 0 Å². The van der Waals surface area contributed by atoms with E-state index < -0.39 is 0 Å². The number of rotatable bonds is 5. The number of amides is 1. The fraction of sp³-hybridized carbons (Fsp3) is 0.188. The van der Waals surface area contributed by atoms with Crippen LogP contribution >= 0.6 is 0 Å². The van der Waals surface area contributed by atoms with Crippen LogP contribution in [0.25, 0.3) is 0 Å². The Hall–Kier alpha value is -2.36. The number of benzene rings is 2. The fourth-order valence-electron chi connectivity index (χ4n) is 2.03. The Kier molecular flexibility index (Phi) is 4.35. The summed E-state index contributed by atoms with van der Waals surface area (Å²) in [6, 6.07) is 14.0. The third kappa shape index (κ3) is 3.82. The minimum Gasteiger partial charge on any atom is -0.379 e. The lowest BCUT2D eigenvalue weighted by Crippen LogP contribution is -2.13. The number of anilines is 1. The molecule has 0 radical (unpaired) electrons. The van der Waals surface area contributed by atoms with E-state index in [1.165, 1.54) is 12.1 Å². The number of carbonyl (C=O) groups is 1. The minimum atomic E-state index is -0.348. The van der Waals surface area contributed by atoms with Crippen molar-refractivity contribution in [1.29, 1.82) is 0 Å². The highest BCUT2D eigenvalue weighted by Gasteiger charge is 2.06. The molecule has 1 atom stereocenters. The molecule has 0 saturated heterocycles. The molecule has 0 aliphatic heterocycles. The predicted molar refractivity (Wildman–Crippen MR) is 77.8 cm³/mol. The van der Waals surface area contributed by atoms with Gasteiger partial charge in [-0.15, -0.1) is 0 Å². The van der Waals surface area contributed by atoms with Crippen molar-refractivity contribution in [2.75, 3.05) is 5.32 Å². The van der Waals surface area contributed by atoms with Gasteiger partial charge in [0.2, 0.25) is 5.91 Å². The van der Waals surface area contributed by atoms with Crippen molar-refractivity contribution in [3.8, 4) is 0 Å². The molecule has 0 saturated carbocycles. The van der Waals surface area contributed by atoms with Gasteiger partial charge in [0.25, 0.3) is 0 Å². The first-order chi connectivity index (χ1) is 9.54. The highest BCUT2D eigenvalue weighted by molar-refractivity contribution is 5.76. The maximum atomic E-state index is 13.2. The third-order valence-electron chi connectivity index (χ3n) is 3.06. The van der Waals surface area contributed by atoms with Crippen LogP contribution in [0.4, 0.5) is 10.1 Å². The van der Waals surface area contributed by atoms with Gasteiger partial charge in [0.15, 0.2) is 0 Å². The Morgan fingerprint density at radius 3 is 2.55 bits per heavy atom. The molecule has 0 fully saturated rings. The molecular formula is C16H17FN2O. The van der Waals surface area contributed by atoms with Crippen LogP contribution < -0.4 is 11.1 Å². The molecule has 3 nitrogen and oxygen atoms in total. The molecule has 0 heterocycles. The highest BCUT2D eigenvalue weighted by Crippen LogP contribution is 2.20. The summed E-state index contributed by atoms with van der Waals surface area (Å²) in [6.45, 7) is 1.96. The van der Waals surface area contributed by atoms with Gasteiger partial charge in [-0.2, -0.15) is 0 Å². The zero-order valence-corrected chi connectivity index (χ0v) is 11.3. The summed E-state index contributed by atoms with van der Waals surface area (Å²) in [5, 5.41) is 3.28. The van der Waals surface area contributed by atoms with Crippen LogP contribution in [0.3, 0.4) is 0 Å². The topological polar surface area (TPSA) is 55.1 Å². The van der Waals surface area contributed by atoms with Gasteiger partial charge in [0.1, 0.15) is 5.82 Å². The lowest BCUT2D eigenvalue weighted by molar-refractivity contribution is -0.117. The van der Waals surface area contributed by atoms with Gasteiger partial charge in [-0.05, 0) is 42.3 Å². The van der Waals surface area contributed by atoms with Crippen LogP contribution in [-0.4, -0.2) is 5.91 Å². The second-order valence-corrected chi connectivity index (χ2v) is 4.76. The molecule has 2 rings (SSSR count).